The first-order valence-electron chi connectivity index (χ1n) is 6.73. The molecule has 1 aliphatic heterocycles. The lowest BCUT2D eigenvalue weighted by Gasteiger charge is -2.35. The summed E-state index contributed by atoms with van der Waals surface area (Å²) in [6, 6.07) is 6.22. The number of rotatable bonds is 3. The Morgan fingerprint density at radius 3 is 2.70 bits per heavy atom. The summed E-state index contributed by atoms with van der Waals surface area (Å²) in [5.41, 5.74) is 0.380. The van der Waals surface area contributed by atoms with Crippen molar-refractivity contribution < 1.29 is 19.1 Å². The number of hydrogen-bond donors (Lipinski definition) is 1. The summed E-state index contributed by atoms with van der Waals surface area (Å²) >= 11 is 0. The molecular formula is C15H18FNO3. The van der Waals surface area contributed by atoms with Gasteiger partial charge in [-0.1, -0.05) is 25.1 Å². The Morgan fingerprint density at radius 2 is 2.10 bits per heavy atom. The molecule has 0 radical (unpaired) electrons. The summed E-state index contributed by atoms with van der Waals surface area (Å²) < 4.78 is 13.5. The van der Waals surface area contributed by atoms with Crippen LogP contribution in [0.4, 0.5) is 4.39 Å². The molecule has 1 aliphatic rings. The molecule has 1 N–H and O–H groups in total. The Bertz CT molecular complexity index is 518. The van der Waals surface area contributed by atoms with Crippen molar-refractivity contribution in [2.45, 2.75) is 19.8 Å². The maximum Gasteiger partial charge on any atom is 0.306 e. The second-order valence-electron chi connectivity index (χ2n) is 5.32. The summed E-state index contributed by atoms with van der Waals surface area (Å²) in [7, 11) is 0. The molecule has 5 heteroatoms. The van der Waals surface area contributed by atoms with Crippen molar-refractivity contribution >= 4 is 11.9 Å². The van der Waals surface area contributed by atoms with Gasteiger partial charge < -0.3 is 10.0 Å². The predicted octanol–water partition coefficient (Wildman–Crippen LogP) is 1.94. The summed E-state index contributed by atoms with van der Waals surface area (Å²) in [5, 5.41) is 9.05. The van der Waals surface area contributed by atoms with E-state index in [4.69, 9.17) is 5.11 Å². The Hall–Kier alpha value is -1.91. The van der Waals surface area contributed by atoms with Crippen molar-refractivity contribution in [3.8, 4) is 0 Å². The SMILES string of the molecule is CC1CN(C(=O)Cc2ccccc2F)CCC1C(=O)O. The molecule has 2 rings (SSSR count). The smallest absolute Gasteiger partial charge is 0.306 e. The zero-order valence-corrected chi connectivity index (χ0v) is 11.4. The van der Waals surface area contributed by atoms with Crippen molar-refractivity contribution in [1.29, 1.82) is 0 Å². The number of likely N-dealkylation sites (tertiary alicyclic amines) is 1. The van der Waals surface area contributed by atoms with Crippen LogP contribution in [0.3, 0.4) is 0 Å². The fraction of sp³-hybridized carbons (Fsp3) is 0.467. The summed E-state index contributed by atoms with van der Waals surface area (Å²) in [5.74, 6) is -1.81. The van der Waals surface area contributed by atoms with Crippen LogP contribution in [0.1, 0.15) is 18.9 Å². The highest BCUT2D eigenvalue weighted by Crippen LogP contribution is 2.24. The highest BCUT2D eigenvalue weighted by atomic mass is 19.1. The molecule has 0 spiro atoms. The highest BCUT2D eigenvalue weighted by molar-refractivity contribution is 5.79. The van der Waals surface area contributed by atoms with Gasteiger partial charge in [0.2, 0.25) is 5.91 Å². The van der Waals surface area contributed by atoms with Gasteiger partial charge in [-0.15, -0.1) is 0 Å². The van der Waals surface area contributed by atoms with Gasteiger partial charge in [0.15, 0.2) is 0 Å². The first kappa shape index (κ1) is 14.5. The van der Waals surface area contributed by atoms with Crippen molar-refractivity contribution in [1.82, 2.24) is 4.90 Å². The van der Waals surface area contributed by atoms with Gasteiger partial charge in [0, 0.05) is 13.1 Å². The van der Waals surface area contributed by atoms with E-state index in [1.165, 1.54) is 6.07 Å². The first-order valence-corrected chi connectivity index (χ1v) is 6.73. The van der Waals surface area contributed by atoms with Gasteiger partial charge in [-0.3, -0.25) is 9.59 Å². The number of carboxylic acids is 1. The second kappa shape index (κ2) is 6.03. The summed E-state index contributed by atoms with van der Waals surface area (Å²) in [6.07, 6.45) is 0.483. The predicted molar refractivity (Wildman–Crippen MR) is 71.6 cm³/mol. The van der Waals surface area contributed by atoms with E-state index in [9.17, 15) is 14.0 Å². The lowest BCUT2D eigenvalue weighted by molar-refractivity contribution is -0.148. The number of hydrogen-bond acceptors (Lipinski definition) is 2. The molecule has 2 atom stereocenters. The first-order chi connectivity index (χ1) is 9.49. The number of piperidine rings is 1. The van der Waals surface area contributed by atoms with E-state index < -0.39 is 11.9 Å². The van der Waals surface area contributed by atoms with Crippen LogP contribution >= 0.6 is 0 Å². The van der Waals surface area contributed by atoms with E-state index in [1.54, 1.807) is 23.1 Å². The minimum absolute atomic E-state index is 0.0249. The number of benzene rings is 1. The van der Waals surface area contributed by atoms with Crippen molar-refractivity contribution in [2.24, 2.45) is 11.8 Å². The molecule has 0 bridgehead atoms. The molecule has 2 unspecified atom stereocenters. The molecule has 108 valence electrons. The van der Waals surface area contributed by atoms with Crippen LogP contribution in [-0.4, -0.2) is 35.0 Å². The molecule has 0 aliphatic carbocycles. The molecule has 0 aromatic heterocycles. The molecule has 4 nitrogen and oxygen atoms in total. The molecule has 1 aromatic rings. The molecular weight excluding hydrogens is 261 g/mol. The van der Waals surface area contributed by atoms with Gasteiger partial charge in [-0.25, -0.2) is 4.39 Å². The number of aliphatic carboxylic acids is 1. The van der Waals surface area contributed by atoms with Crippen molar-refractivity contribution in [3.05, 3.63) is 35.6 Å². The molecule has 1 aromatic carbocycles. The van der Waals surface area contributed by atoms with Crippen molar-refractivity contribution in [3.63, 3.8) is 0 Å². The molecule has 1 amide bonds. The third-order valence-electron chi connectivity index (χ3n) is 3.87. The Balaban J connectivity index is 1.98. The van der Waals surface area contributed by atoms with Crippen molar-refractivity contribution in [2.75, 3.05) is 13.1 Å². The minimum Gasteiger partial charge on any atom is -0.481 e. The van der Waals surface area contributed by atoms with Gasteiger partial charge in [0.05, 0.1) is 12.3 Å². The van der Waals surface area contributed by atoms with Crippen LogP contribution in [0.5, 0.6) is 0 Å². The minimum atomic E-state index is -0.807. The molecule has 1 heterocycles. The lowest BCUT2D eigenvalue weighted by atomic mass is 9.87. The maximum absolute atomic E-state index is 13.5. The fourth-order valence-corrected chi connectivity index (χ4v) is 2.66. The molecule has 1 saturated heterocycles. The summed E-state index contributed by atoms with van der Waals surface area (Å²) in [4.78, 5) is 24.8. The second-order valence-corrected chi connectivity index (χ2v) is 5.32. The third kappa shape index (κ3) is 3.15. The fourth-order valence-electron chi connectivity index (χ4n) is 2.66. The van der Waals surface area contributed by atoms with Crippen LogP contribution in [0.2, 0.25) is 0 Å². The van der Waals surface area contributed by atoms with Crippen LogP contribution in [0.25, 0.3) is 0 Å². The van der Waals surface area contributed by atoms with Gasteiger partial charge in [-0.2, -0.15) is 0 Å². The van der Waals surface area contributed by atoms with Gasteiger partial charge in [0.25, 0.3) is 0 Å². The Kier molecular flexibility index (Phi) is 4.37. The van der Waals surface area contributed by atoms with Crippen LogP contribution in [0, 0.1) is 17.7 Å². The van der Waals surface area contributed by atoms with Gasteiger partial charge >= 0.3 is 5.97 Å². The quantitative estimate of drug-likeness (QED) is 0.920. The van der Waals surface area contributed by atoms with E-state index in [0.29, 0.717) is 25.1 Å². The van der Waals surface area contributed by atoms with E-state index in [2.05, 4.69) is 0 Å². The van der Waals surface area contributed by atoms with E-state index in [0.717, 1.165) is 0 Å². The Labute approximate surface area is 117 Å². The standard InChI is InChI=1S/C15H18FNO3/c1-10-9-17(7-6-12(10)15(19)20)14(18)8-11-4-2-3-5-13(11)16/h2-5,10,12H,6-9H2,1H3,(H,19,20). The molecule has 1 fully saturated rings. The monoisotopic (exact) mass is 279 g/mol. The van der Waals surface area contributed by atoms with Crippen LogP contribution in [0.15, 0.2) is 24.3 Å². The average molecular weight is 279 g/mol. The van der Waals surface area contributed by atoms with E-state index >= 15 is 0 Å². The number of carbonyl (C=O) groups is 2. The van der Waals surface area contributed by atoms with Gasteiger partial charge in [-0.05, 0) is 24.0 Å². The van der Waals surface area contributed by atoms with Crippen LogP contribution in [-0.2, 0) is 16.0 Å². The summed E-state index contributed by atoms with van der Waals surface area (Å²) in [6.45, 7) is 2.68. The van der Waals surface area contributed by atoms with E-state index in [-0.39, 0.29) is 24.1 Å². The zero-order valence-electron chi connectivity index (χ0n) is 11.4. The number of halogens is 1. The topological polar surface area (TPSA) is 57.6 Å². The van der Waals surface area contributed by atoms with Crippen LogP contribution < -0.4 is 0 Å². The lowest BCUT2D eigenvalue weighted by Crippen LogP contribution is -2.45. The number of amides is 1. The van der Waals surface area contributed by atoms with Gasteiger partial charge in [0.1, 0.15) is 5.82 Å². The number of nitrogens with zero attached hydrogens (tertiary/aromatic N) is 1. The maximum atomic E-state index is 13.5. The Morgan fingerprint density at radius 1 is 1.40 bits per heavy atom. The largest absolute Gasteiger partial charge is 0.481 e. The zero-order chi connectivity index (χ0) is 14.7. The number of carbonyl (C=O) groups excluding carboxylic acids is 1. The molecule has 0 saturated carbocycles. The third-order valence-corrected chi connectivity index (χ3v) is 3.87. The number of carboxylic acid groups (broad SMARTS) is 1. The molecule has 20 heavy (non-hydrogen) atoms. The van der Waals surface area contributed by atoms with E-state index in [1.807, 2.05) is 6.92 Å². The normalized spacial score (nSPS) is 22.6. The highest BCUT2D eigenvalue weighted by Gasteiger charge is 2.32. The average Bonchev–Trinajstić information content (AvgIpc) is 2.40.